The van der Waals surface area contributed by atoms with Crippen LogP contribution >= 0.6 is 0 Å². The van der Waals surface area contributed by atoms with Crippen LogP contribution in [-0.4, -0.2) is 67.5 Å². The second-order valence-corrected chi connectivity index (χ2v) is 8.90. The molecule has 25 heavy (non-hydrogen) atoms. The van der Waals surface area contributed by atoms with Crippen LogP contribution in [-0.2, 0) is 29.0 Å². The van der Waals surface area contributed by atoms with Crippen molar-refractivity contribution in [3.63, 3.8) is 0 Å². The fourth-order valence-electron chi connectivity index (χ4n) is 2.78. The van der Waals surface area contributed by atoms with Crippen LogP contribution in [0.15, 0.2) is 5.10 Å². The van der Waals surface area contributed by atoms with Crippen molar-refractivity contribution in [2.24, 2.45) is 11.0 Å². The number of hydrazone groups is 1. The number of nitrogens with one attached hydrogen (secondary N) is 1. The van der Waals surface area contributed by atoms with E-state index >= 15 is 0 Å². The van der Waals surface area contributed by atoms with Gasteiger partial charge in [-0.2, -0.15) is 5.10 Å². The predicted molar refractivity (Wildman–Crippen MR) is 89.4 cm³/mol. The lowest BCUT2D eigenvalue weighted by Crippen LogP contribution is -2.45. The maximum atomic E-state index is 12.5. The molecule has 2 rings (SSSR count). The molecule has 0 unspecified atom stereocenters. The second-order valence-electron chi connectivity index (χ2n) is 6.67. The van der Waals surface area contributed by atoms with Gasteiger partial charge in [-0.25, -0.2) is 18.6 Å². The molecular formula is C15H23N3O6S. The fraction of sp³-hybridized carbons (Fsp3) is 0.733. The number of amides is 2. The van der Waals surface area contributed by atoms with Crippen molar-refractivity contribution in [3.05, 3.63) is 0 Å². The molecule has 0 aromatic heterocycles. The van der Waals surface area contributed by atoms with E-state index in [0.717, 1.165) is 0 Å². The van der Waals surface area contributed by atoms with Gasteiger partial charge < -0.3 is 9.64 Å². The zero-order valence-corrected chi connectivity index (χ0v) is 15.2. The van der Waals surface area contributed by atoms with E-state index in [9.17, 15) is 22.8 Å². The molecule has 0 bridgehead atoms. The standard InChI is InChI=1S/C15H23N3O6S/c1-10(2)7-18(11-5-6-25(22,23)9-11)14(20)8-24-15(21)12-3-4-13(19)17-16-12/h10-11H,3-9H2,1-2H3,(H,17,19)/t11-/m0/s1. The summed E-state index contributed by atoms with van der Waals surface area (Å²) >= 11 is 0. The Morgan fingerprint density at radius 2 is 2.08 bits per heavy atom. The van der Waals surface area contributed by atoms with Crippen LogP contribution in [0.25, 0.3) is 0 Å². The molecule has 0 radical (unpaired) electrons. The summed E-state index contributed by atoms with van der Waals surface area (Å²) in [5.74, 6) is -1.30. The van der Waals surface area contributed by atoms with Gasteiger partial charge in [-0.05, 0) is 12.3 Å². The van der Waals surface area contributed by atoms with Gasteiger partial charge in [-0.3, -0.25) is 9.59 Å². The molecule has 140 valence electrons. The van der Waals surface area contributed by atoms with Crippen LogP contribution in [0.1, 0.15) is 33.1 Å². The summed E-state index contributed by atoms with van der Waals surface area (Å²) in [7, 11) is -3.12. The number of carbonyl (C=O) groups excluding carboxylic acids is 3. The first kappa shape index (κ1) is 19.4. The van der Waals surface area contributed by atoms with Crippen molar-refractivity contribution >= 4 is 33.3 Å². The molecule has 2 heterocycles. The largest absolute Gasteiger partial charge is 0.451 e. The first-order valence-corrected chi connectivity index (χ1v) is 10.0. The topological polar surface area (TPSA) is 122 Å². The van der Waals surface area contributed by atoms with Gasteiger partial charge in [0.2, 0.25) is 5.91 Å². The highest BCUT2D eigenvalue weighted by Gasteiger charge is 2.35. The zero-order chi connectivity index (χ0) is 18.6. The van der Waals surface area contributed by atoms with Gasteiger partial charge in [0.05, 0.1) is 11.5 Å². The van der Waals surface area contributed by atoms with Crippen molar-refractivity contribution in [2.75, 3.05) is 24.7 Å². The summed E-state index contributed by atoms with van der Waals surface area (Å²) in [4.78, 5) is 36.9. The molecule has 2 amide bonds. The fourth-order valence-corrected chi connectivity index (χ4v) is 4.51. The van der Waals surface area contributed by atoms with Gasteiger partial charge >= 0.3 is 5.97 Å². The quantitative estimate of drug-likeness (QED) is 0.625. The predicted octanol–water partition coefficient (Wildman–Crippen LogP) is -0.533. The van der Waals surface area contributed by atoms with Gasteiger partial charge in [0.25, 0.3) is 5.91 Å². The van der Waals surface area contributed by atoms with E-state index in [0.29, 0.717) is 13.0 Å². The normalized spacial score (nSPS) is 22.3. The number of carbonyl (C=O) groups is 3. The monoisotopic (exact) mass is 373 g/mol. The molecule has 1 fully saturated rings. The van der Waals surface area contributed by atoms with E-state index in [1.54, 1.807) is 0 Å². The number of nitrogens with zero attached hydrogens (tertiary/aromatic N) is 2. The van der Waals surface area contributed by atoms with Gasteiger partial charge in [-0.1, -0.05) is 13.8 Å². The molecule has 9 nitrogen and oxygen atoms in total. The van der Waals surface area contributed by atoms with Gasteiger partial charge in [-0.15, -0.1) is 0 Å². The molecule has 1 atom stereocenters. The summed E-state index contributed by atoms with van der Waals surface area (Å²) in [5.41, 5.74) is 2.25. The third-order valence-corrected chi connectivity index (χ3v) is 5.75. The van der Waals surface area contributed by atoms with E-state index in [1.165, 1.54) is 4.90 Å². The minimum absolute atomic E-state index is 0.0574. The minimum Gasteiger partial charge on any atom is -0.451 e. The van der Waals surface area contributed by atoms with Crippen LogP contribution in [0.4, 0.5) is 0 Å². The van der Waals surface area contributed by atoms with Crippen LogP contribution < -0.4 is 5.43 Å². The highest BCUT2D eigenvalue weighted by Crippen LogP contribution is 2.19. The SMILES string of the molecule is CC(C)CN(C(=O)COC(=O)C1=NNC(=O)CC1)[C@H]1CCS(=O)(=O)C1. The van der Waals surface area contributed by atoms with Crippen molar-refractivity contribution in [1.82, 2.24) is 10.3 Å². The molecule has 10 heteroatoms. The van der Waals surface area contributed by atoms with Crippen LogP contribution in [0, 0.1) is 5.92 Å². The molecule has 0 aliphatic carbocycles. The van der Waals surface area contributed by atoms with Gasteiger partial charge in [0.15, 0.2) is 16.4 Å². The van der Waals surface area contributed by atoms with E-state index in [-0.39, 0.29) is 47.9 Å². The Labute approximate surface area is 146 Å². The number of sulfone groups is 1. The van der Waals surface area contributed by atoms with Crippen LogP contribution in [0.5, 0.6) is 0 Å². The van der Waals surface area contributed by atoms with E-state index in [2.05, 4.69) is 10.5 Å². The van der Waals surface area contributed by atoms with Crippen LogP contribution in [0.3, 0.4) is 0 Å². The highest BCUT2D eigenvalue weighted by molar-refractivity contribution is 7.91. The van der Waals surface area contributed by atoms with Crippen LogP contribution in [0.2, 0.25) is 0 Å². The maximum Gasteiger partial charge on any atom is 0.355 e. The summed E-state index contributed by atoms with van der Waals surface area (Å²) in [6.07, 6.45) is 0.699. The Morgan fingerprint density at radius 1 is 1.36 bits per heavy atom. The number of hydrogen-bond donors (Lipinski definition) is 1. The van der Waals surface area contributed by atoms with E-state index in [1.807, 2.05) is 13.8 Å². The molecule has 1 N–H and O–H groups in total. The Morgan fingerprint density at radius 3 is 2.60 bits per heavy atom. The Bertz CT molecular complexity index is 685. The molecular weight excluding hydrogens is 350 g/mol. The lowest BCUT2D eigenvalue weighted by atomic mass is 10.1. The number of hydrogen-bond acceptors (Lipinski definition) is 7. The van der Waals surface area contributed by atoms with Crippen molar-refractivity contribution in [3.8, 4) is 0 Å². The van der Waals surface area contributed by atoms with Crippen molar-refractivity contribution in [1.29, 1.82) is 0 Å². The molecule has 0 saturated carbocycles. The highest BCUT2D eigenvalue weighted by atomic mass is 32.2. The maximum absolute atomic E-state index is 12.5. The Kier molecular flexibility index (Phi) is 6.15. The molecule has 0 aromatic carbocycles. The minimum atomic E-state index is -3.12. The molecule has 2 aliphatic rings. The Balaban J connectivity index is 1.95. The van der Waals surface area contributed by atoms with E-state index in [4.69, 9.17) is 4.74 Å². The number of rotatable bonds is 6. The molecule has 1 saturated heterocycles. The smallest absolute Gasteiger partial charge is 0.355 e. The molecule has 0 aromatic rings. The number of ether oxygens (including phenoxy) is 1. The third-order valence-electron chi connectivity index (χ3n) is 4.00. The Hall–Kier alpha value is -1.97. The number of esters is 1. The summed E-state index contributed by atoms with van der Waals surface area (Å²) in [5, 5.41) is 3.62. The molecule has 2 aliphatic heterocycles. The lowest BCUT2D eigenvalue weighted by Gasteiger charge is -2.29. The third kappa shape index (κ3) is 5.52. The average Bonchev–Trinajstić information content (AvgIpc) is 2.90. The first-order chi connectivity index (χ1) is 11.7. The average molecular weight is 373 g/mol. The summed E-state index contributed by atoms with van der Waals surface area (Å²) < 4.78 is 28.3. The van der Waals surface area contributed by atoms with E-state index < -0.39 is 28.3 Å². The molecule has 0 spiro atoms. The van der Waals surface area contributed by atoms with Crippen molar-refractivity contribution < 1.29 is 27.5 Å². The summed E-state index contributed by atoms with van der Waals surface area (Å²) in [6, 6.07) is -0.384. The summed E-state index contributed by atoms with van der Waals surface area (Å²) in [6.45, 7) is 3.77. The van der Waals surface area contributed by atoms with Gasteiger partial charge in [0, 0.05) is 25.4 Å². The lowest BCUT2D eigenvalue weighted by molar-refractivity contribution is -0.148. The second kappa shape index (κ2) is 7.94. The van der Waals surface area contributed by atoms with Crippen molar-refractivity contribution in [2.45, 2.75) is 39.2 Å². The first-order valence-electron chi connectivity index (χ1n) is 8.20. The van der Waals surface area contributed by atoms with Gasteiger partial charge in [0.1, 0.15) is 5.71 Å². The zero-order valence-electron chi connectivity index (χ0n) is 14.4.